The van der Waals surface area contributed by atoms with E-state index < -0.39 is 23.6 Å². The highest BCUT2D eigenvalue weighted by Gasteiger charge is 2.46. The molecule has 7 nitrogen and oxygen atoms in total. The van der Waals surface area contributed by atoms with Crippen molar-refractivity contribution >= 4 is 17.9 Å². The van der Waals surface area contributed by atoms with Gasteiger partial charge in [-0.1, -0.05) is 20.8 Å². The summed E-state index contributed by atoms with van der Waals surface area (Å²) < 4.78 is 5.02. The average molecular weight is 339 g/mol. The van der Waals surface area contributed by atoms with Gasteiger partial charge in [-0.2, -0.15) is 0 Å². The summed E-state index contributed by atoms with van der Waals surface area (Å²) in [7, 11) is 0. The molecule has 2 fully saturated rings. The second-order valence-electron chi connectivity index (χ2n) is 7.93. The number of hydrogen-bond donors (Lipinski definition) is 1. The maximum atomic E-state index is 13.2. The number of hydrogen-bond acceptors (Lipinski definition) is 4. The third-order valence-corrected chi connectivity index (χ3v) is 4.43. The summed E-state index contributed by atoms with van der Waals surface area (Å²) >= 11 is 0. The van der Waals surface area contributed by atoms with Crippen molar-refractivity contribution in [3.05, 3.63) is 0 Å². The summed E-state index contributed by atoms with van der Waals surface area (Å²) in [5.41, 5.74) is -0.442. The van der Waals surface area contributed by atoms with Gasteiger partial charge in [0.2, 0.25) is 11.8 Å². The molecule has 7 heteroatoms. The zero-order valence-electron chi connectivity index (χ0n) is 15.3. The van der Waals surface area contributed by atoms with Crippen molar-refractivity contribution in [2.45, 2.75) is 65.6 Å². The number of ether oxygens (including phenoxy) is 1. The minimum atomic E-state index is -0.625. The predicted octanol–water partition coefficient (Wildman–Crippen LogP) is 1.37. The first kappa shape index (κ1) is 18.5. The Bertz CT molecular complexity index is 512. The van der Waals surface area contributed by atoms with Gasteiger partial charge in [-0.05, 0) is 32.1 Å². The molecule has 2 aliphatic heterocycles. The summed E-state index contributed by atoms with van der Waals surface area (Å²) in [6.45, 7) is 10.8. The SMILES string of the molecule is CC(C)NC(=O)C1CCCN1C(=O)C(N1CCOC1=O)C(C)(C)C. The number of carbonyl (C=O) groups is 3. The third-order valence-electron chi connectivity index (χ3n) is 4.43. The number of amides is 3. The first-order chi connectivity index (χ1) is 11.1. The molecule has 2 unspecified atom stereocenters. The molecule has 3 amide bonds. The number of carbonyl (C=O) groups excluding carboxylic acids is 3. The van der Waals surface area contributed by atoms with Gasteiger partial charge in [0.15, 0.2) is 0 Å². The molecular weight excluding hydrogens is 310 g/mol. The Hall–Kier alpha value is -1.79. The van der Waals surface area contributed by atoms with Crippen molar-refractivity contribution < 1.29 is 19.1 Å². The molecule has 0 aromatic heterocycles. The monoisotopic (exact) mass is 339 g/mol. The average Bonchev–Trinajstić information content (AvgIpc) is 3.06. The lowest BCUT2D eigenvalue weighted by molar-refractivity contribution is -0.144. The fraction of sp³-hybridized carbons (Fsp3) is 0.824. The van der Waals surface area contributed by atoms with Crippen molar-refractivity contribution in [1.82, 2.24) is 15.1 Å². The van der Waals surface area contributed by atoms with Crippen LogP contribution in [0.25, 0.3) is 0 Å². The molecular formula is C17H29N3O4. The number of rotatable bonds is 4. The molecule has 0 aromatic carbocycles. The second kappa shape index (κ2) is 6.99. The van der Waals surface area contributed by atoms with Crippen LogP contribution in [0.1, 0.15) is 47.5 Å². The van der Waals surface area contributed by atoms with Crippen LogP contribution in [-0.4, -0.2) is 65.5 Å². The van der Waals surface area contributed by atoms with E-state index in [0.717, 1.165) is 6.42 Å². The highest BCUT2D eigenvalue weighted by atomic mass is 16.6. The number of cyclic esters (lactones) is 1. The van der Waals surface area contributed by atoms with Gasteiger partial charge < -0.3 is 15.0 Å². The summed E-state index contributed by atoms with van der Waals surface area (Å²) in [4.78, 5) is 40.8. The fourth-order valence-corrected chi connectivity index (χ4v) is 3.45. The van der Waals surface area contributed by atoms with Crippen LogP contribution in [0.3, 0.4) is 0 Å². The quantitative estimate of drug-likeness (QED) is 0.839. The molecule has 0 aliphatic carbocycles. The molecule has 1 N–H and O–H groups in total. The standard InChI is InChI=1S/C17H29N3O4/c1-11(2)18-14(21)12-7-6-8-19(12)15(22)13(17(3,4)5)20-9-10-24-16(20)23/h11-13H,6-10H2,1-5H3,(H,18,21). The van der Waals surface area contributed by atoms with E-state index in [-0.39, 0.29) is 17.9 Å². The van der Waals surface area contributed by atoms with Crippen LogP contribution in [0, 0.1) is 5.41 Å². The third kappa shape index (κ3) is 3.82. The Labute approximate surface area is 143 Å². The summed E-state index contributed by atoms with van der Waals surface area (Å²) in [5, 5.41) is 2.89. The molecule has 0 saturated carbocycles. The van der Waals surface area contributed by atoms with Gasteiger partial charge in [-0.25, -0.2) is 4.79 Å². The van der Waals surface area contributed by atoms with Crippen molar-refractivity contribution in [2.75, 3.05) is 19.7 Å². The van der Waals surface area contributed by atoms with Crippen LogP contribution in [0.2, 0.25) is 0 Å². The van der Waals surface area contributed by atoms with Crippen LogP contribution < -0.4 is 5.32 Å². The lowest BCUT2D eigenvalue weighted by Gasteiger charge is -2.39. The molecule has 0 aromatic rings. The number of likely N-dealkylation sites (tertiary alicyclic amines) is 1. The van der Waals surface area contributed by atoms with Crippen molar-refractivity contribution in [3.63, 3.8) is 0 Å². The zero-order valence-corrected chi connectivity index (χ0v) is 15.3. The lowest BCUT2D eigenvalue weighted by atomic mass is 9.84. The maximum Gasteiger partial charge on any atom is 0.410 e. The Morgan fingerprint density at radius 2 is 1.92 bits per heavy atom. The van der Waals surface area contributed by atoms with E-state index in [1.165, 1.54) is 4.90 Å². The lowest BCUT2D eigenvalue weighted by Crippen LogP contribution is -2.58. The highest BCUT2D eigenvalue weighted by Crippen LogP contribution is 2.31. The minimum Gasteiger partial charge on any atom is -0.448 e. The molecule has 2 heterocycles. The maximum absolute atomic E-state index is 13.2. The Morgan fingerprint density at radius 1 is 1.25 bits per heavy atom. The zero-order chi connectivity index (χ0) is 18.1. The van der Waals surface area contributed by atoms with Gasteiger partial charge in [0, 0.05) is 12.6 Å². The molecule has 2 rings (SSSR count). The van der Waals surface area contributed by atoms with Crippen LogP contribution in [-0.2, 0) is 14.3 Å². The summed E-state index contributed by atoms with van der Waals surface area (Å²) in [6.07, 6.45) is 1.00. The Balaban J connectivity index is 2.22. The highest BCUT2D eigenvalue weighted by molar-refractivity contribution is 5.92. The smallest absolute Gasteiger partial charge is 0.410 e. The first-order valence-electron chi connectivity index (χ1n) is 8.67. The number of nitrogens with one attached hydrogen (secondary N) is 1. The number of nitrogens with zero attached hydrogens (tertiary/aromatic N) is 2. The van der Waals surface area contributed by atoms with Crippen LogP contribution in [0.5, 0.6) is 0 Å². The van der Waals surface area contributed by atoms with E-state index in [0.29, 0.717) is 26.1 Å². The topological polar surface area (TPSA) is 79.0 Å². The van der Waals surface area contributed by atoms with E-state index in [1.54, 1.807) is 4.90 Å². The molecule has 2 saturated heterocycles. The molecule has 0 radical (unpaired) electrons. The minimum absolute atomic E-state index is 0.0297. The molecule has 136 valence electrons. The normalized spacial score (nSPS) is 22.8. The van der Waals surface area contributed by atoms with Crippen molar-refractivity contribution in [1.29, 1.82) is 0 Å². The molecule has 2 atom stereocenters. The van der Waals surface area contributed by atoms with Crippen molar-refractivity contribution in [2.24, 2.45) is 5.41 Å². The van der Waals surface area contributed by atoms with E-state index in [1.807, 2.05) is 34.6 Å². The molecule has 0 bridgehead atoms. The summed E-state index contributed by atoms with van der Waals surface area (Å²) in [5.74, 6) is -0.282. The van der Waals surface area contributed by atoms with E-state index >= 15 is 0 Å². The molecule has 2 aliphatic rings. The van der Waals surface area contributed by atoms with Crippen molar-refractivity contribution in [3.8, 4) is 0 Å². The van der Waals surface area contributed by atoms with Crippen LogP contribution >= 0.6 is 0 Å². The van der Waals surface area contributed by atoms with Gasteiger partial charge in [0.05, 0.1) is 6.54 Å². The predicted molar refractivity (Wildman–Crippen MR) is 89.3 cm³/mol. The Morgan fingerprint density at radius 3 is 2.42 bits per heavy atom. The van der Waals surface area contributed by atoms with E-state index in [9.17, 15) is 14.4 Å². The Kier molecular flexibility index (Phi) is 5.40. The molecule has 24 heavy (non-hydrogen) atoms. The van der Waals surface area contributed by atoms with Gasteiger partial charge >= 0.3 is 6.09 Å². The van der Waals surface area contributed by atoms with Gasteiger partial charge in [-0.15, -0.1) is 0 Å². The summed E-state index contributed by atoms with van der Waals surface area (Å²) in [6, 6.07) is -1.05. The van der Waals surface area contributed by atoms with E-state index in [2.05, 4.69) is 5.32 Å². The van der Waals surface area contributed by atoms with E-state index in [4.69, 9.17) is 4.74 Å². The fourth-order valence-electron chi connectivity index (χ4n) is 3.45. The van der Waals surface area contributed by atoms with Gasteiger partial charge in [0.25, 0.3) is 0 Å². The largest absolute Gasteiger partial charge is 0.448 e. The first-order valence-corrected chi connectivity index (χ1v) is 8.67. The van der Waals surface area contributed by atoms with Crippen LogP contribution in [0.15, 0.2) is 0 Å². The van der Waals surface area contributed by atoms with Gasteiger partial charge in [0.1, 0.15) is 18.7 Å². The second-order valence-corrected chi connectivity index (χ2v) is 7.93. The van der Waals surface area contributed by atoms with Crippen LogP contribution in [0.4, 0.5) is 4.79 Å². The molecule has 0 spiro atoms. The van der Waals surface area contributed by atoms with Gasteiger partial charge in [-0.3, -0.25) is 14.5 Å².